The van der Waals surface area contributed by atoms with E-state index in [-0.39, 0.29) is 5.56 Å². The van der Waals surface area contributed by atoms with Crippen LogP contribution in [0, 0.1) is 12.7 Å². The largest absolute Gasteiger partial charge is 0.573 e. The first-order valence-corrected chi connectivity index (χ1v) is 6.09. The van der Waals surface area contributed by atoms with Crippen molar-refractivity contribution in [3.63, 3.8) is 0 Å². The second-order valence-corrected chi connectivity index (χ2v) is 4.58. The van der Waals surface area contributed by atoms with Gasteiger partial charge in [0.1, 0.15) is 6.67 Å². The molecular formula is C13H16F5NO. The van der Waals surface area contributed by atoms with Crippen molar-refractivity contribution >= 4 is 0 Å². The summed E-state index contributed by atoms with van der Waals surface area (Å²) in [5.74, 6) is -1.88. The van der Waals surface area contributed by atoms with Crippen LogP contribution in [-0.2, 0) is 6.42 Å². The number of benzene rings is 1. The average molecular weight is 297 g/mol. The molecule has 7 heteroatoms. The summed E-state index contributed by atoms with van der Waals surface area (Å²) in [6.07, 6.45) is -3.66. The molecule has 0 unspecified atom stereocenters. The second kappa shape index (κ2) is 6.88. The molecule has 1 aromatic rings. The van der Waals surface area contributed by atoms with Gasteiger partial charge in [-0.25, -0.2) is 8.78 Å². The van der Waals surface area contributed by atoms with Gasteiger partial charge in [-0.1, -0.05) is 6.07 Å². The molecule has 1 rings (SSSR count). The average Bonchev–Trinajstić information content (AvgIpc) is 2.33. The number of hydrogen-bond acceptors (Lipinski definition) is 2. The third kappa shape index (κ3) is 5.32. The van der Waals surface area contributed by atoms with E-state index in [4.69, 9.17) is 5.73 Å². The molecule has 2 nitrogen and oxygen atoms in total. The lowest BCUT2D eigenvalue weighted by Crippen LogP contribution is -2.22. The fraction of sp³-hybridized carbons (Fsp3) is 0.538. The van der Waals surface area contributed by atoms with Gasteiger partial charge in [-0.15, -0.1) is 13.2 Å². The first-order chi connectivity index (χ1) is 9.23. The van der Waals surface area contributed by atoms with E-state index in [1.54, 1.807) is 0 Å². The van der Waals surface area contributed by atoms with E-state index in [0.717, 1.165) is 6.07 Å². The molecule has 0 aliphatic heterocycles. The van der Waals surface area contributed by atoms with Gasteiger partial charge in [0.15, 0.2) is 11.6 Å². The van der Waals surface area contributed by atoms with Crippen LogP contribution in [0.4, 0.5) is 22.0 Å². The van der Waals surface area contributed by atoms with E-state index in [1.165, 1.54) is 13.0 Å². The van der Waals surface area contributed by atoms with Crippen LogP contribution in [0.1, 0.15) is 24.0 Å². The standard InChI is InChI=1S/C13H16F5NO/c1-8-5-9(3-2-4-10(19)7-14)6-11(12(8)15)20-13(16,17)18/h5-6,10H,2-4,7,19H2,1H3/t10-/m1/s1. The van der Waals surface area contributed by atoms with Crippen LogP contribution in [0.15, 0.2) is 12.1 Å². The fourth-order valence-corrected chi connectivity index (χ4v) is 1.80. The highest BCUT2D eigenvalue weighted by atomic mass is 19.4. The highest BCUT2D eigenvalue weighted by Crippen LogP contribution is 2.29. The summed E-state index contributed by atoms with van der Waals surface area (Å²) in [6, 6.07) is 1.87. The van der Waals surface area contributed by atoms with Crippen molar-refractivity contribution in [2.75, 3.05) is 6.67 Å². The number of ether oxygens (including phenoxy) is 1. The molecule has 0 aliphatic rings. The van der Waals surface area contributed by atoms with E-state index in [0.29, 0.717) is 24.8 Å². The van der Waals surface area contributed by atoms with Gasteiger partial charge in [-0.05, 0) is 43.4 Å². The molecule has 0 saturated carbocycles. The highest BCUT2D eigenvalue weighted by Gasteiger charge is 2.32. The normalized spacial score (nSPS) is 13.3. The van der Waals surface area contributed by atoms with Gasteiger partial charge < -0.3 is 10.5 Å². The molecule has 0 aliphatic carbocycles. The molecule has 0 bridgehead atoms. The number of alkyl halides is 4. The Morgan fingerprint density at radius 1 is 1.30 bits per heavy atom. The van der Waals surface area contributed by atoms with Crippen LogP contribution in [0.2, 0.25) is 0 Å². The maximum atomic E-state index is 13.5. The smallest absolute Gasteiger partial charge is 0.403 e. The van der Waals surface area contributed by atoms with Crippen LogP contribution in [0.3, 0.4) is 0 Å². The summed E-state index contributed by atoms with van der Waals surface area (Å²) >= 11 is 0. The second-order valence-electron chi connectivity index (χ2n) is 4.58. The van der Waals surface area contributed by atoms with Gasteiger partial charge in [0, 0.05) is 6.04 Å². The van der Waals surface area contributed by atoms with Crippen LogP contribution in [0.25, 0.3) is 0 Å². The maximum Gasteiger partial charge on any atom is 0.573 e. The van der Waals surface area contributed by atoms with E-state index in [1.807, 2.05) is 0 Å². The topological polar surface area (TPSA) is 35.2 Å². The van der Waals surface area contributed by atoms with E-state index in [2.05, 4.69) is 4.74 Å². The Bertz CT molecular complexity index is 447. The van der Waals surface area contributed by atoms with Crippen LogP contribution >= 0.6 is 0 Å². The van der Waals surface area contributed by atoms with Gasteiger partial charge in [0.25, 0.3) is 0 Å². The quantitative estimate of drug-likeness (QED) is 0.813. The Morgan fingerprint density at radius 2 is 1.95 bits per heavy atom. The Hall–Kier alpha value is -1.37. The molecule has 0 heterocycles. The molecule has 114 valence electrons. The van der Waals surface area contributed by atoms with Crippen molar-refractivity contribution in [1.29, 1.82) is 0 Å². The third-order valence-electron chi connectivity index (χ3n) is 2.75. The summed E-state index contributed by atoms with van der Waals surface area (Å²) in [5.41, 5.74) is 5.96. The third-order valence-corrected chi connectivity index (χ3v) is 2.75. The van der Waals surface area contributed by atoms with E-state index in [9.17, 15) is 22.0 Å². The summed E-state index contributed by atoms with van der Waals surface area (Å²) < 4.78 is 65.7. The van der Waals surface area contributed by atoms with Crippen molar-refractivity contribution in [3.8, 4) is 5.75 Å². The van der Waals surface area contributed by atoms with Crippen molar-refractivity contribution < 1.29 is 26.7 Å². The summed E-state index contributed by atoms with van der Waals surface area (Å²) in [5, 5.41) is 0. The van der Waals surface area contributed by atoms with Crippen molar-refractivity contribution in [2.45, 2.75) is 38.6 Å². The van der Waals surface area contributed by atoms with Crippen LogP contribution < -0.4 is 10.5 Å². The number of hydrogen-bond donors (Lipinski definition) is 1. The van der Waals surface area contributed by atoms with Crippen LogP contribution in [0.5, 0.6) is 5.75 Å². The Balaban J connectivity index is 2.78. The summed E-state index contributed by atoms with van der Waals surface area (Å²) in [4.78, 5) is 0. The minimum Gasteiger partial charge on any atom is -0.403 e. The lowest BCUT2D eigenvalue weighted by atomic mass is 10.0. The molecule has 0 amide bonds. The molecule has 0 radical (unpaired) electrons. The van der Waals surface area contributed by atoms with Crippen molar-refractivity contribution in [3.05, 3.63) is 29.1 Å². The lowest BCUT2D eigenvalue weighted by molar-refractivity contribution is -0.275. The van der Waals surface area contributed by atoms with Crippen molar-refractivity contribution in [1.82, 2.24) is 0 Å². The van der Waals surface area contributed by atoms with Crippen LogP contribution in [-0.4, -0.2) is 19.1 Å². The molecule has 0 aromatic heterocycles. The fourth-order valence-electron chi connectivity index (χ4n) is 1.80. The van der Waals surface area contributed by atoms with Gasteiger partial charge in [0.05, 0.1) is 0 Å². The monoisotopic (exact) mass is 297 g/mol. The Labute approximate surface area is 113 Å². The molecule has 0 spiro atoms. The zero-order valence-corrected chi connectivity index (χ0v) is 10.9. The highest BCUT2D eigenvalue weighted by molar-refractivity contribution is 5.36. The Morgan fingerprint density at radius 3 is 2.50 bits per heavy atom. The van der Waals surface area contributed by atoms with Gasteiger partial charge >= 0.3 is 6.36 Å². The Kier molecular flexibility index (Phi) is 5.74. The number of rotatable bonds is 6. The molecule has 0 fully saturated rings. The first-order valence-electron chi connectivity index (χ1n) is 6.09. The van der Waals surface area contributed by atoms with Crippen molar-refractivity contribution in [2.24, 2.45) is 5.73 Å². The van der Waals surface area contributed by atoms with Gasteiger partial charge in [-0.2, -0.15) is 0 Å². The number of halogens is 5. The SMILES string of the molecule is Cc1cc(CCC[C@@H](N)CF)cc(OC(F)(F)F)c1F. The molecule has 20 heavy (non-hydrogen) atoms. The number of nitrogens with two attached hydrogens (primary N) is 1. The predicted molar refractivity (Wildman–Crippen MR) is 64.7 cm³/mol. The lowest BCUT2D eigenvalue weighted by Gasteiger charge is -2.13. The predicted octanol–water partition coefficient (Wildman–Crippen LogP) is 3.65. The summed E-state index contributed by atoms with van der Waals surface area (Å²) in [6.45, 7) is 0.709. The molecule has 2 N–H and O–H groups in total. The molecule has 0 saturated heterocycles. The minimum atomic E-state index is -4.94. The zero-order valence-electron chi connectivity index (χ0n) is 10.9. The molecule has 1 atom stereocenters. The number of aryl methyl sites for hydroxylation is 2. The van der Waals surface area contributed by atoms with E-state index < -0.39 is 30.6 Å². The maximum absolute atomic E-state index is 13.5. The van der Waals surface area contributed by atoms with Gasteiger partial charge in [0.2, 0.25) is 0 Å². The van der Waals surface area contributed by atoms with E-state index >= 15 is 0 Å². The zero-order chi connectivity index (χ0) is 15.3. The first kappa shape index (κ1) is 16.7. The summed E-state index contributed by atoms with van der Waals surface area (Å²) in [7, 11) is 0. The van der Waals surface area contributed by atoms with Gasteiger partial charge in [-0.3, -0.25) is 0 Å². The molecular weight excluding hydrogens is 281 g/mol. The minimum absolute atomic E-state index is 0.0662. The molecule has 1 aromatic carbocycles.